The highest BCUT2D eigenvalue weighted by molar-refractivity contribution is 7.98. The molecule has 3 rings (SSSR count). The molecule has 27 heavy (non-hydrogen) atoms. The van der Waals surface area contributed by atoms with Crippen molar-refractivity contribution in [2.75, 3.05) is 11.0 Å². The summed E-state index contributed by atoms with van der Waals surface area (Å²) in [6, 6.07) is 10.6. The van der Waals surface area contributed by atoms with Crippen molar-refractivity contribution in [2.45, 2.75) is 15.3 Å². The molecule has 0 aliphatic heterocycles. The zero-order valence-corrected chi connectivity index (χ0v) is 16.6. The summed E-state index contributed by atoms with van der Waals surface area (Å²) in [7, 11) is -2.66. The number of halogens is 3. The third-order valence-corrected chi connectivity index (χ3v) is 7.34. The van der Waals surface area contributed by atoms with Crippen molar-refractivity contribution >= 4 is 38.8 Å². The van der Waals surface area contributed by atoms with Crippen LogP contribution in [0.4, 0.5) is 18.9 Å². The molecule has 5 nitrogen and oxygen atoms in total. The molecule has 144 valence electrons. The number of thioether (sulfide) groups is 1. The molecule has 0 saturated heterocycles. The second-order valence-electron chi connectivity index (χ2n) is 5.49. The van der Waals surface area contributed by atoms with E-state index in [0.29, 0.717) is 10.6 Å². The highest BCUT2D eigenvalue weighted by Gasteiger charge is 2.35. The van der Waals surface area contributed by atoms with Gasteiger partial charge in [-0.25, -0.2) is 8.42 Å². The fraction of sp³-hybridized carbons (Fsp3) is 0.188. The molecule has 0 atom stereocenters. The van der Waals surface area contributed by atoms with Crippen LogP contribution < -0.4 is 4.72 Å². The predicted octanol–water partition coefficient (Wildman–Crippen LogP) is 4.69. The number of thiophene rings is 1. The number of sulfonamides is 1. The molecule has 0 radical (unpaired) electrons. The smallest absolute Gasteiger partial charge is 0.279 e. The van der Waals surface area contributed by atoms with Crippen molar-refractivity contribution in [1.29, 1.82) is 0 Å². The van der Waals surface area contributed by atoms with Gasteiger partial charge in [-0.1, -0.05) is 0 Å². The average Bonchev–Trinajstić information content (AvgIpc) is 3.21. The Kier molecular flexibility index (Phi) is 5.28. The Morgan fingerprint density at radius 1 is 1.15 bits per heavy atom. The number of hydrogen-bond acceptors (Lipinski definition) is 5. The second-order valence-corrected chi connectivity index (χ2v) is 9.36. The number of nitrogens with zero attached hydrogens (tertiary/aromatic N) is 2. The monoisotopic (exact) mass is 433 g/mol. The number of alkyl halides is 3. The fourth-order valence-electron chi connectivity index (χ4n) is 2.32. The first-order valence-corrected chi connectivity index (χ1v) is 11.0. The SMILES string of the molecule is CSc1ccc(NS(=O)(=O)c2ccc(-c3cc(C(F)(F)F)n(C)n3)s2)cc1. The largest absolute Gasteiger partial charge is 0.433 e. The normalized spacial score (nSPS) is 12.3. The van der Waals surface area contributed by atoms with Crippen LogP contribution in [0.15, 0.2) is 51.6 Å². The summed E-state index contributed by atoms with van der Waals surface area (Å²) in [4.78, 5) is 1.33. The third-order valence-electron chi connectivity index (χ3n) is 3.61. The van der Waals surface area contributed by atoms with Gasteiger partial charge in [-0.2, -0.15) is 18.3 Å². The molecule has 0 unspecified atom stereocenters. The molecule has 2 heterocycles. The van der Waals surface area contributed by atoms with E-state index in [4.69, 9.17) is 0 Å². The first kappa shape index (κ1) is 19.8. The number of nitrogens with one attached hydrogen (secondary N) is 1. The van der Waals surface area contributed by atoms with Gasteiger partial charge in [0.15, 0.2) is 0 Å². The van der Waals surface area contributed by atoms with Crippen LogP contribution in [0.1, 0.15) is 5.69 Å². The minimum absolute atomic E-state index is 0.00865. The van der Waals surface area contributed by atoms with Gasteiger partial charge in [0.1, 0.15) is 15.6 Å². The van der Waals surface area contributed by atoms with Crippen LogP contribution in [-0.2, 0) is 23.2 Å². The Morgan fingerprint density at radius 2 is 1.81 bits per heavy atom. The molecule has 0 aliphatic rings. The second kappa shape index (κ2) is 7.21. The Morgan fingerprint density at radius 3 is 2.37 bits per heavy atom. The molecule has 0 spiro atoms. The van der Waals surface area contributed by atoms with Crippen molar-refractivity contribution in [1.82, 2.24) is 9.78 Å². The molecule has 0 bridgehead atoms. The van der Waals surface area contributed by atoms with E-state index in [1.807, 2.05) is 6.26 Å². The summed E-state index contributed by atoms with van der Waals surface area (Å²) in [6.07, 6.45) is -2.62. The van der Waals surface area contributed by atoms with Crippen molar-refractivity contribution in [3.8, 4) is 10.6 Å². The summed E-state index contributed by atoms with van der Waals surface area (Å²) in [5.41, 5.74) is -0.428. The molecule has 1 N–H and O–H groups in total. The maximum Gasteiger partial charge on any atom is 0.433 e. The number of aromatic nitrogens is 2. The van der Waals surface area contributed by atoms with Gasteiger partial charge in [0.25, 0.3) is 10.0 Å². The van der Waals surface area contributed by atoms with E-state index in [2.05, 4.69) is 9.82 Å². The van der Waals surface area contributed by atoms with E-state index in [9.17, 15) is 21.6 Å². The maximum atomic E-state index is 12.9. The van der Waals surface area contributed by atoms with Gasteiger partial charge in [-0.3, -0.25) is 9.40 Å². The molecular formula is C16H14F3N3O2S3. The first-order valence-electron chi connectivity index (χ1n) is 7.48. The molecule has 0 fully saturated rings. The zero-order valence-electron chi connectivity index (χ0n) is 14.1. The van der Waals surface area contributed by atoms with Crippen LogP contribution in [0.5, 0.6) is 0 Å². The molecular weight excluding hydrogens is 419 g/mol. The lowest BCUT2D eigenvalue weighted by atomic mass is 10.3. The molecule has 2 aromatic heterocycles. The molecule has 3 aromatic rings. The van der Waals surface area contributed by atoms with Gasteiger partial charge in [0, 0.05) is 17.6 Å². The quantitative estimate of drug-likeness (QED) is 0.593. The lowest BCUT2D eigenvalue weighted by Crippen LogP contribution is -2.11. The highest BCUT2D eigenvalue weighted by Crippen LogP contribution is 2.35. The van der Waals surface area contributed by atoms with Gasteiger partial charge < -0.3 is 0 Å². The number of aryl methyl sites for hydroxylation is 1. The Bertz CT molecular complexity index is 1050. The van der Waals surface area contributed by atoms with E-state index in [1.54, 1.807) is 24.3 Å². The van der Waals surface area contributed by atoms with Gasteiger partial charge in [-0.05, 0) is 48.7 Å². The number of hydrogen-bond donors (Lipinski definition) is 1. The van der Waals surface area contributed by atoms with Gasteiger partial charge in [0.2, 0.25) is 0 Å². The molecule has 11 heteroatoms. The van der Waals surface area contributed by atoms with Crippen LogP contribution in [0.3, 0.4) is 0 Å². The van der Waals surface area contributed by atoms with E-state index in [-0.39, 0.29) is 9.90 Å². The van der Waals surface area contributed by atoms with Gasteiger partial charge in [-0.15, -0.1) is 23.1 Å². The Balaban J connectivity index is 1.86. The number of anilines is 1. The summed E-state index contributed by atoms with van der Waals surface area (Å²) < 4.78 is 66.9. The third kappa shape index (κ3) is 4.30. The molecule has 1 aromatic carbocycles. The molecule has 0 saturated carbocycles. The maximum absolute atomic E-state index is 12.9. The summed E-state index contributed by atoms with van der Waals surface area (Å²) >= 11 is 2.39. The van der Waals surface area contributed by atoms with E-state index in [1.165, 1.54) is 30.9 Å². The van der Waals surface area contributed by atoms with Gasteiger partial charge >= 0.3 is 6.18 Å². The van der Waals surface area contributed by atoms with Crippen molar-refractivity contribution in [2.24, 2.45) is 7.05 Å². The summed E-state index contributed by atoms with van der Waals surface area (Å²) in [5.74, 6) is 0. The first-order chi connectivity index (χ1) is 12.6. The number of benzene rings is 1. The Hall–Kier alpha value is -1.98. The summed E-state index contributed by atoms with van der Waals surface area (Å²) in [5, 5.41) is 3.84. The highest BCUT2D eigenvalue weighted by atomic mass is 32.2. The zero-order chi connectivity index (χ0) is 19.8. The average molecular weight is 434 g/mol. The van der Waals surface area contributed by atoms with Crippen LogP contribution in [0, 0.1) is 0 Å². The van der Waals surface area contributed by atoms with Crippen LogP contribution in [-0.4, -0.2) is 24.5 Å². The number of rotatable bonds is 5. The lowest BCUT2D eigenvalue weighted by Gasteiger charge is -2.06. The molecule has 0 aliphatic carbocycles. The van der Waals surface area contributed by atoms with Crippen molar-refractivity contribution in [3.05, 3.63) is 48.2 Å². The Labute approximate surface area is 162 Å². The van der Waals surface area contributed by atoms with E-state index < -0.39 is 21.9 Å². The van der Waals surface area contributed by atoms with Gasteiger partial charge in [0.05, 0.1) is 4.88 Å². The fourth-order valence-corrected chi connectivity index (χ4v) is 5.05. The van der Waals surface area contributed by atoms with E-state index >= 15 is 0 Å². The van der Waals surface area contributed by atoms with Crippen LogP contribution >= 0.6 is 23.1 Å². The minimum atomic E-state index is -4.53. The lowest BCUT2D eigenvalue weighted by molar-refractivity contribution is -0.143. The predicted molar refractivity (Wildman–Crippen MR) is 101 cm³/mol. The molecule has 0 amide bonds. The minimum Gasteiger partial charge on any atom is -0.279 e. The van der Waals surface area contributed by atoms with Crippen LogP contribution in [0.25, 0.3) is 10.6 Å². The van der Waals surface area contributed by atoms with Crippen molar-refractivity contribution in [3.63, 3.8) is 0 Å². The topological polar surface area (TPSA) is 64.0 Å². The van der Waals surface area contributed by atoms with Crippen LogP contribution in [0.2, 0.25) is 0 Å². The summed E-state index contributed by atoms with van der Waals surface area (Å²) in [6.45, 7) is 0. The standard InChI is InChI=1S/C16H14F3N3O2S3/c1-22-14(16(17,18)19)9-12(20-22)13-7-8-15(26-13)27(23,24)21-10-3-5-11(25-2)6-4-10/h3-9,21H,1-2H3. The van der Waals surface area contributed by atoms with E-state index in [0.717, 1.165) is 27.0 Å². The van der Waals surface area contributed by atoms with Crippen molar-refractivity contribution < 1.29 is 21.6 Å².